The molecule has 3 aliphatic rings. The molecule has 0 saturated carbocycles. The fraction of sp³-hybridized carbons (Fsp3) is 0.667. The minimum absolute atomic E-state index is 0.0292. The van der Waals surface area contributed by atoms with E-state index in [0.717, 1.165) is 43.9 Å². The van der Waals surface area contributed by atoms with Gasteiger partial charge in [0, 0.05) is 44.7 Å². The van der Waals surface area contributed by atoms with Crippen molar-refractivity contribution in [2.24, 2.45) is 21.5 Å². The number of aromatic nitrogens is 1. The number of hydrogen-bond donors (Lipinski definition) is 3. The first kappa shape index (κ1) is 21.7. The van der Waals surface area contributed by atoms with E-state index in [1.165, 1.54) is 11.3 Å². The van der Waals surface area contributed by atoms with Gasteiger partial charge in [0.2, 0.25) is 0 Å². The average Bonchev–Trinajstić information content (AvgIpc) is 3.05. The van der Waals surface area contributed by atoms with Gasteiger partial charge in [-0.2, -0.15) is 0 Å². The number of methoxy groups -OCH3 is 1. The van der Waals surface area contributed by atoms with Crippen LogP contribution in [0.1, 0.15) is 31.5 Å². The maximum absolute atomic E-state index is 6.18. The summed E-state index contributed by atoms with van der Waals surface area (Å²) >= 11 is 1.69. The van der Waals surface area contributed by atoms with Crippen molar-refractivity contribution in [2.75, 3.05) is 31.6 Å². The van der Waals surface area contributed by atoms with E-state index in [9.17, 15) is 0 Å². The molecule has 30 heavy (non-hydrogen) atoms. The number of aryl methyl sites for hydroxylation is 1. The van der Waals surface area contributed by atoms with Crippen LogP contribution in [0.2, 0.25) is 0 Å². The van der Waals surface area contributed by atoms with Crippen molar-refractivity contribution in [3.05, 3.63) is 23.4 Å². The minimum atomic E-state index is -0.531. The van der Waals surface area contributed by atoms with Crippen LogP contribution in [0.5, 0.6) is 0 Å². The van der Waals surface area contributed by atoms with Crippen molar-refractivity contribution in [3.63, 3.8) is 0 Å². The fourth-order valence-corrected chi connectivity index (χ4v) is 5.77. The lowest BCUT2D eigenvalue weighted by Crippen LogP contribution is -2.53. The highest BCUT2D eigenvalue weighted by Gasteiger charge is 2.36. The molecule has 1 saturated heterocycles. The number of thioether (sulfide) groups is 1. The van der Waals surface area contributed by atoms with Gasteiger partial charge < -0.3 is 21.1 Å². The molecule has 0 bridgehead atoms. The number of hydrogen-bond acceptors (Lipinski definition) is 9. The van der Waals surface area contributed by atoms with E-state index in [2.05, 4.69) is 34.3 Å². The van der Waals surface area contributed by atoms with Gasteiger partial charge in [-0.15, -0.1) is 0 Å². The van der Waals surface area contributed by atoms with E-state index in [1.54, 1.807) is 18.9 Å². The third-order valence-electron chi connectivity index (χ3n) is 6.10. The molecule has 1 aromatic heterocycles. The van der Waals surface area contributed by atoms with E-state index >= 15 is 0 Å². The van der Waals surface area contributed by atoms with Crippen LogP contribution in [0, 0.1) is 0 Å². The Labute approximate surface area is 182 Å². The first-order valence-electron chi connectivity index (χ1n) is 10.7. The Balaban J connectivity index is 1.45. The third-order valence-corrected chi connectivity index (χ3v) is 7.33. The minimum Gasteiger partial charge on any atom is -0.378 e. The smallest absolute Gasteiger partial charge is 0.172 e. The summed E-state index contributed by atoms with van der Waals surface area (Å²) in [5.41, 5.74) is 15.8. The standard InChI is InChI=1S/C21H33N7OS/c1-13-9-24-21(12-22,30-14(2)25-13)27-16-5-6-18-15(8-16)4-7-20(26-18)28-10-17(23)19(11-28)29-3/h4,7,9,14,16-17,19,27H,5-6,8,10-12,22-23H2,1-3H3/t14?,16-,17-,19-,21?/m0/s1. The van der Waals surface area contributed by atoms with Crippen LogP contribution in [-0.2, 0) is 17.6 Å². The maximum Gasteiger partial charge on any atom is 0.172 e. The molecular weight excluding hydrogens is 398 g/mol. The zero-order chi connectivity index (χ0) is 21.3. The number of rotatable bonds is 5. The number of nitrogens with one attached hydrogen (secondary N) is 1. The number of pyridine rings is 1. The number of nitrogens with zero attached hydrogens (tertiary/aromatic N) is 4. The number of ether oxygens (including phenoxy) is 1. The summed E-state index contributed by atoms with van der Waals surface area (Å²) in [5.74, 6) is 0.999. The molecule has 5 atom stereocenters. The topological polar surface area (TPSA) is 114 Å². The average molecular weight is 432 g/mol. The second-order valence-corrected chi connectivity index (χ2v) is 10.0. The molecule has 3 heterocycles. The second-order valence-electron chi connectivity index (χ2n) is 8.44. The first-order chi connectivity index (χ1) is 14.4. The zero-order valence-electron chi connectivity index (χ0n) is 18.0. The normalized spacial score (nSPS) is 33.9. The second kappa shape index (κ2) is 8.92. The van der Waals surface area contributed by atoms with E-state index in [4.69, 9.17) is 26.2 Å². The highest BCUT2D eigenvalue weighted by Crippen LogP contribution is 2.33. The van der Waals surface area contributed by atoms with Gasteiger partial charge in [0.05, 0.1) is 23.2 Å². The molecule has 5 N–H and O–H groups in total. The predicted octanol–water partition coefficient (Wildman–Crippen LogP) is 0.928. The quantitative estimate of drug-likeness (QED) is 0.635. The van der Waals surface area contributed by atoms with E-state index in [1.807, 2.05) is 13.1 Å². The molecule has 2 unspecified atom stereocenters. The van der Waals surface area contributed by atoms with Gasteiger partial charge in [-0.05, 0) is 44.7 Å². The summed E-state index contributed by atoms with van der Waals surface area (Å²) in [6, 6.07) is 4.66. The molecule has 0 radical (unpaired) electrons. The Morgan fingerprint density at radius 1 is 1.37 bits per heavy atom. The fourth-order valence-electron chi connectivity index (χ4n) is 4.54. The summed E-state index contributed by atoms with van der Waals surface area (Å²) in [4.78, 5) is 16.0. The summed E-state index contributed by atoms with van der Waals surface area (Å²) < 4.78 is 5.48. The molecule has 9 heteroatoms. The third kappa shape index (κ3) is 4.55. The Kier molecular flexibility index (Phi) is 6.45. The molecule has 2 aliphatic heterocycles. The van der Waals surface area contributed by atoms with Crippen molar-refractivity contribution in [1.29, 1.82) is 0 Å². The predicted molar refractivity (Wildman–Crippen MR) is 125 cm³/mol. The molecule has 0 amide bonds. The van der Waals surface area contributed by atoms with Crippen molar-refractivity contribution in [3.8, 4) is 0 Å². The summed E-state index contributed by atoms with van der Waals surface area (Å²) in [6.07, 6.45) is 4.78. The van der Waals surface area contributed by atoms with Crippen LogP contribution in [0.4, 0.5) is 5.82 Å². The maximum atomic E-state index is 6.18. The Morgan fingerprint density at radius 2 is 2.20 bits per heavy atom. The number of fused-ring (bicyclic) bond motifs is 1. The summed E-state index contributed by atoms with van der Waals surface area (Å²) in [7, 11) is 1.72. The molecule has 0 spiro atoms. The lowest BCUT2D eigenvalue weighted by Gasteiger charge is -2.36. The van der Waals surface area contributed by atoms with Gasteiger partial charge in [-0.3, -0.25) is 15.3 Å². The Morgan fingerprint density at radius 3 is 2.93 bits per heavy atom. The summed E-state index contributed by atoms with van der Waals surface area (Å²) in [5, 5.41) is 3.85. The molecule has 164 valence electrons. The number of nitrogens with two attached hydrogens (primary N) is 2. The van der Waals surface area contributed by atoms with Gasteiger partial charge in [-0.1, -0.05) is 17.8 Å². The molecule has 1 fully saturated rings. The molecule has 1 aromatic rings. The van der Waals surface area contributed by atoms with Gasteiger partial charge in [-0.25, -0.2) is 4.98 Å². The van der Waals surface area contributed by atoms with Crippen molar-refractivity contribution < 1.29 is 4.74 Å². The molecule has 8 nitrogen and oxygen atoms in total. The van der Waals surface area contributed by atoms with Crippen LogP contribution in [0.25, 0.3) is 0 Å². The lowest BCUT2D eigenvalue weighted by molar-refractivity contribution is 0.108. The van der Waals surface area contributed by atoms with Crippen LogP contribution in [-0.4, -0.2) is 72.2 Å². The van der Waals surface area contributed by atoms with Crippen molar-refractivity contribution in [2.45, 2.75) is 61.7 Å². The van der Waals surface area contributed by atoms with Gasteiger partial charge in [0.15, 0.2) is 4.99 Å². The highest BCUT2D eigenvalue weighted by molar-refractivity contribution is 8.01. The molecule has 0 aromatic carbocycles. The van der Waals surface area contributed by atoms with Crippen LogP contribution in [0.3, 0.4) is 0 Å². The lowest BCUT2D eigenvalue weighted by atomic mass is 9.91. The summed E-state index contributed by atoms with van der Waals surface area (Å²) in [6.45, 7) is 6.08. The van der Waals surface area contributed by atoms with Crippen LogP contribution in [0.15, 0.2) is 22.1 Å². The number of anilines is 1. The molecule has 4 rings (SSSR count). The van der Waals surface area contributed by atoms with Crippen LogP contribution < -0.4 is 21.7 Å². The first-order valence-corrected chi connectivity index (χ1v) is 11.6. The highest BCUT2D eigenvalue weighted by atomic mass is 32.2. The molecule has 1 aliphatic carbocycles. The zero-order valence-corrected chi connectivity index (χ0v) is 18.9. The largest absolute Gasteiger partial charge is 0.378 e. The Bertz CT molecular complexity index is 832. The van der Waals surface area contributed by atoms with Gasteiger partial charge in [0.25, 0.3) is 0 Å². The van der Waals surface area contributed by atoms with Gasteiger partial charge in [0.1, 0.15) is 5.82 Å². The molecular formula is C21H33N7OS. The van der Waals surface area contributed by atoms with E-state index in [-0.39, 0.29) is 17.5 Å². The monoisotopic (exact) mass is 431 g/mol. The van der Waals surface area contributed by atoms with E-state index < -0.39 is 4.99 Å². The SMILES string of the molecule is CO[C@H]1CN(c2ccc3c(n2)CC[C@H](NC2(CN)N=CC(C)=NC(C)S2)C3)C[C@@H]1N. The van der Waals surface area contributed by atoms with Crippen molar-refractivity contribution in [1.82, 2.24) is 10.3 Å². The van der Waals surface area contributed by atoms with Gasteiger partial charge >= 0.3 is 0 Å². The van der Waals surface area contributed by atoms with E-state index in [0.29, 0.717) is 12.6 Å². The Hall–Kier alpha value is -1.52. The number of aliphatic imine (C=N–C) groups is 2. The van der Waals surface area contributed by atoms with Crippen molar-refractivity contribution >= 4 is 29.5 Å². The van der Waals surface area contributed by atoms with Crippen LogP contribution >= 0.6 is 11.8 Å².